The minimum atomic E-state index is 0.725. The van der Waals surface area contributed by atoms with Crippen LogP contribution in [0, 0.1) is 0 Å². The molecule has 0 atom stereocenters. The highest BCUT2D eigenvalue weighted by Gasteiger charge is 2.34. The molecule has 4 aromatic rings. The highest BCUT2D eigenvalue weighted by Crippen LogP contribution is 2.29. The fraction of sp³-hybridized carbons (Fsp3) is 0.0714. The number of hydrogen-bond acceptors (Lipinski definition) is 3. The SMILES string of the molecule is c1cnc2c(c1)-c1oc3c(nc4ccccn43)[n+]1C2. The first-order valence-electron chi connectivity index (χ1n) is 6.15. The van der Waals surface area contributed by atoms with E-state index in [-0.39, 0.29) is 0 Å². The molecular weight excluding hydrogens is 240 g/mol. The van der Waals surface area contributed by atoms with Crippen molar-refractivity contribution in [3.05, 3.63) is 48.4 Å². The topological polar surface area (TPSA) is 47.2 Å². The summed E-state index contributed by atoms with van der Waals surface area (Å²) in [6, 6.07) is 9.89. The van der Waals surface area contributed by atoms with Crippen molar-refractivity contribution in [1.29, 1.82) is 0 Å². The smallest absolute Gasteiger partial charge is 0.390 e. The average Bonchev–Trinajstić information content (AvgIpc) is 3.07. The van der Waals surface area contributed by atoms with Crippen LogP contribution >= 0.6 is 0 Å². The molecule has 5 rings (SSSR count). The minimum Gasteiger partial charge on any atom is -0.396 e. The van der Waals surface area contributed by atoms with Gasteiger partial charge in [0.1, 0.15) is 6.54 Å². The second-order valence-corrected chi connectivity index (χ2v) is 4.66. The van der Waals surface area contributed by atoms with E-state index < -0.39 is 0 Å². The summed E-state index contributed by atoms with van der Waals surface area (Å²) in [4.78, 5) is 9.03. The van der Waals surface area contributed by atoms with Crippen LogP contribution in [0.25, 0.3) is 28.5 Å². The van der Waals surface area contributed by atoms with E-state index in [1.54, 1.807) is 0 Å². The van der Waals surface area contributed by atoms with Crippen LogP contribution in [0.3, 0.4) is 0 Å². The predicted octanol–water partition coefficient (Wildman–Crippen LogP) is 1.79. The molecule has 0 saturated heterocycles. The van der Waals surface area contributed by atoms with E-state index in [1.807, 2.05) is 47.1 Å². The molecule has 5 nitrogen and oxygen atoms in total. The van der Waals surface area contributed by atoms with Gasteiger partial charge >= 0.3 is 17.3 Å². The molecule has 0 bridgehead atoms. The van der Waals surface area contributed by atoms with E-state index >= 15 is 0 Å². The number of nitrogens with zero attached hydrogens (tertiary/aromatic N) is 4. The van der Waals surface area contributed by atoms with Crippen molar-refractivity contribution in [2.24, 2.45) is 0 Å². The molecule has 0 fully saturated rings. The van der Waals surface area contributed by atoms with Crippen LogP contribution in [0.2, 0.25) is 0 Å². The third kappa shape index (κ3) is 1.03. The molecule has 0 N–H and O–H groups in total. The van der Waals surface area contributed by atoms with Gasteiger partial charge in [0.15, 0.2) is 0 Å². The first-order chi connectivity index (χ1) is 9.42. The zero-order chi connectivity index (χ0) is 12.4. The van der Waals surface area contributed by atoms with E-state index in [2.05, 4.69) is 14.5 Å². The van der Waals surface area contributed by atoms with Gasteiger partial charge in [-0.1, -0.05) is 6.07 Å². The quantitative estimate of drug-likeness (QED) is 0.393. The molecule has 19 heavy (non-hydrogen) atoms. The zero-order valence-electron chi connectivity index (χ0n) is 9.95. The third-order valence-corrected chi connectivity index (χ3v) is 3.59. The normalized spacial score (nSPS) is 13.1. The molecule has 5 heterocycles. The van der Waals surface area contributed by atoms with Crippen molar-refractivity contribution in [2.75, 3.05) is 0 Å². The van der Waals surface area contributed by atoms with Gasteiger partial charge in [-0.25, -0.2) is 4.40 Å². The fourth-order valence-electron chi connectivity index (χ4n) is 2.73. The molecule has 4 aromatic heterocycles. The molecule has 0 unspecified atom stereocenters. The van der Waals surface area contributed by atoms with Crippen LogP contribution in [0.5, 0.6) is 0 Å². The van der Waals surface area contributed by atoms with Crippen molar-refractivity contribution in [3.63, 3.8) is 0 Å². The Labute approximate surface area is 107 Å². The predicted molar refractivity (Wildman–Crippen MR) is 67.5 cm³/mol. The van der Waals surface area contributed by atoms with Gasteiger partial charge in [0.2, 0.25) is 0 Å². The van der Waals surface area contributed by atoms with Crippen LogP contribution in [0.15, 0.2) is 47.1 Å². The summed E-state index contributed by atoms with van der Waals surface area (Å²) < 4.78 is 10.1. The Morgan fingerprint density at radius 2 is 2.21 bits per heavy atom. The maximum atomic E-state index is 6.01. The Balaban J connectivity index is 1.93. The van der Waals surface area contributed by atoms with Crippen LogP contribution in [-0.4, -0.2) is 14.4 Å². The second-order valence-electron chi connectivity index (χ2n) is 4.66. The van der Waals surface area contributed by atoms with Gasteiger partial charge in [0, 0.05) is 18.5 Å². The standard InChI is InChI=1S/C14H9N4O/c1-2-7-17-11(5-1)16-12-14(17)19-13-9-4-3-6-15-10(9)8-18(12)13/h1-7H,8H2/q+1. The molecule has 5 heteroatoms. The fourth-order valence-corrected chi connectivity index (χ4v) is 2.73. The molecule has 0 aromatic carbocycles. The lowest BCUT2D eigenvalue weighted by Crippen LogP contribution is -2.31. The van der Waals surface area contributed by atoms with E-state index in [9.17, 15) is 0 Å². The largest absolute Gasteiger partial charge is 0.396 e. The van der Waals surface area contributed by atoms with Gasteiger partial charge in [-0.15, -0.1) is 0 Å². The van der Waals surface area contributed by atoms with Crippen molar-refractivity contribution < 1.29 is 8.98 Å². The number of imidazole rings is 1. The lowest BCUT2D eigenvalue weighted by atomic mass is 10.2. The second kappa shape index (κ2) is 3.00. The van der Waals surface area contributed by atoms with Crippen LogP contribution in [-0.2, 0) is 6.54 Å². The molecule has 90 valence electrons. The molecule has 0 saturated carbocycles. The molecule has 0 aliphatic carbocycles. The maximum Gasteiger partial charge on any atom is 0.390 e. The summed E-state index contributed by atoms with van der Waals surface area (Å²) in [5, 5.41) is 0. The van der Waals surface area contributed by atoms with Crippen LogP contribution in [0.1, 0.15) is 5.69 Å². The number of oxazole rings is 1. The van der Waals surface area contributed by atoms with Crippen molar-refractivity contribution in [3.8, 4) is 11.5 Å². The zero-order valence-corrected chi connectivity index (χ0v) is 9.95. The van der Waals surface area contributed by atoms with Crippen molar-refractivity contribution in [1.82, 2.24) is 14.4 Å². The highest BCUT2D eigenvalue weighted by molar-refractivity contribution is 5.72. The number of fused-ring (bicyclic) bond motifs is 7. The molecule has 1 aliphatic heterocycles. The van der Waals surface area contributed by atoms with Gasteiger partial charge < -0.3 is 4.42 Å². The molecule has 0 radical (unpaired) electrons. The van der Waals surface area contributed by atoms with Crippen LogP contribution in [0.4, 0.5) is 0 Å². The van der Waals surface area contributed by atoms with Crippen LogP contribution < -0.4 is 4.57 Å². The molecular formula is C14H9N4O+. The average molecular weight is 249 g/mol. The lowest BCUT2D eigenvalue weighted by molar-refractivity contribution is -0.651. The molecule has 0 spiro atoms. The highest BCUT2D eigenvalue weighted by atomic mass is 16.4. The Morgan fingerprint density at radius 3 is 3.21 bits per heavy atom. The van der Waals surface area contributed by atoms with E-state index in [4.69, 9.17) is 4.42 Å². The Hall–Kier alpha value is -2.69. The Kier molecular flexibility index (Phi) is 1.46. The summed E-state index contributed by atoms with van der Waals surface area (Å²) in [5.74, 6) is 0.846. The number of pyridine rings is 2. The van der Waals surface area contributed by atoms with Gasteiger partial charge in [-0.3, -0.25) is 4.98 Å². The number of aromatic nitrogens is 4. The van der Waals surface area contributed by atoms with E-state index in [0.717, 1.165) is 40.7 Å². The van der Waals surface area contributed by atoms with E-state index in [0.29, 0.717) is 0 Å². The third-order valence-electron chi connectivity index (χ3n) is 3.59. The number of hydrogen-bond donors (Lipinski definition) is 0. The summed E-state index contributed by atoms with van der Waals surface area (Å²) in [6.45, 7) is 0.725. The summed E-state index contributed by atoms with van der Waals surface area (Å²) in [5.41, 5.74) is 4.67. The van der Waals surface area contributed by atoms with Crippen molar-refractivity contribution >= 4 is 17.0 Å². The summed E-state index contributed by atoms with van der Waals surface area (Å²) in [6.07, 6.45) is 3.78. The van der Waals surface area contributed by atoms with E-state index in [1.165, 1.54) is 0 Å². The van der Waals surface area contributed by atoms with Gasteiger partial charge in [-0.05, 0) is 23.2 Å². The number of rotatable bonds is 0. The minimum absolute atomic E-state index is 0.725. The first kappa shape index (κ1) is 9.27. The summed E-state index contributed by atoms with van der Waals surface area (Å²) in [7, 11) is 0. The van der Waals surface area contributed by atoms with Gasteiger partial charge in [0.05, 0.1) is 11.3 Å². The Bertz CT molecular complexity index is 951. The Morgan fingerprint density at radius 1 is 1.21 bits per heavy atom. The first-order valence-corrected chi connectivity index (χ1v) is 6.15. The molecule has 0 amide bonds. The molecule has 1 aliphatic rings. The lowest BCUT2D eigenvalue weighted by Gasteiger charge is -1.91. The van der Waals surface area contributed by atoms with Gasteiger partial charge in [0.25, 0.3) is 5.65 Å². The monoisotopic (exact) mass is 249 g/mol. The van der Waals surface area contributed by atoms with Crippen molar-refractivity contribution in [2.45, 2.75) is 6.54 Å². The maximum absolute atomic E-state index is 6.01. The van der Waals surface area contributed by atoms with Gasteiger partial charge in [-0.2, -0.15) is 4.57 Å². The summed E-state index contributed by atoms with van der Waals surface area (Å²) >= 11 is 0.